The number of hydrogen-bond acceptors (Lipinski definition) is 1. The molecule has 0 fully saturated rings. The van der Waals surface area contributed by atoms with Crippen LogP contribution in [0.25, 0.3) is 0 Å². The van der Waals surface area contributed by atoms with Gasteiger partial charge in [-0.05, 0) is 47.2 Å². The Morgan fingerprint density at radius 2 is 1.68 bits per heavy atom. The van der Waals surface area contributed by atoms with Crippen molar-refractivity contribution in [1.29, 1.82) is 0 Å². The monoisotopic (exact) mass is 318 g/mol. The molecule has 0 aliphatic carbocycles. The second-order valence-electron chi connectivity index (χ2n) is 4.69. The van der Waals surface area contributed by atoms with Gasteiger partial charge in [0.25, 0.3) is 0 Å². The van der Waals surface area contributed by atoms with Gasteiger partial charge in [0.05, 0.1) is 0 Å². The van der Waals surface area contributed by atoms with Crippen molar-refractivity contribution in [2.75, 3.05) is 0 Å². The molecule has 0 aromatic heterocycles. The molecule has 0 spiro atoms. The fourth-order valence-corrected chi connectivity index (χ4v) is 2.53. The highest BCUT2D eigenvalue weighted by molar-refractivity contribution is 9.10. The highest BCUT2D eigenvalue weighted by atomic mass is 79.9. The van der Waals surface area contributed by atoms with Crippen LogP contribution in [0.5, 0.6) is 0 Å². The van der Waals surface area contributed by atoms with Gasteiger partial charge in [-0.15, -0.1) is 0 Å². The van der Waals surface area contributed by atoms with E-state index in [9.17, 15) is 5.11 Å². The average molecular weight is 319 g/mol. The number of halogens is 1. The van der Waals surface area contributed by atoms with Crippen LogP contribution in [0.15, 0.2) is 46.9 Å². The zero-order valence-electron chi connectivity index (χ0n) is 11.4. The molecule has 0 aliphatic heterocycles. The minimum Gasteiger partial charge on any atom is -0.384 e. The molecule has 0 saturated carbocycles. The number of hydrogen-bond donors (Lipinski definition) is 1. The second-order valence-corrected chi connectivity index (χ2v) is 5.61. The summed E-state index contributed by atoms with van der Waals surface area (Å²) in [6.07, 6.45) is 1.38. The molecule has 2 rings (SSSR count). The number of aliphatic hydroxyl groups is 1. The Labute approximate surface area is 123 Å². The molecule has 1 atom stereocenters. The third kappa shape index (κ3) is 3.26. The fraction of sp³-hybridized carbons (Fsp3) is 0.294. The van der Waals surface area contributed by atoms with Crippen LogP contribution in [0.1, 0.15) is 42.2 Å². The van der Waals surface area contributed by atoms with Crippen LogP contribution in [0.4, 0.5) is 0 Å². The maximum atomic E-state index is 10.6. The molecule has 1 unspecified atom stereocenters. The molecule has 0 heterocycles. The average Bonchev–Trinajstić information content (AvgIpc) is 2.46. The molecule has 0 amide bonds. The maximum Gasteiger partial charge on any atom is 0.104 e. The predicted molar refractivity (Wildman–Crippen MR) is 83.4 cm³/mol. The van der Waals surface area contributed by atoms with Crippen LogP contribution in [0.3, 0.4) is 0 Å². The van der Waals surface area contributed by atoms with Gasteiger partial charge in [0.2, 0.25) is 0 Å². The van der Waals surface area contributed by atoms with Gasteiger partial charge >= 0.3 is 0 Å². The molecule has 1 nitrogen and oxygen atoms in total. The first-order valence-corrected chi connectivity index (χ1v) is 7.50. The lowest BCUT2D eigenvalue weighted by Crippen LogP contribution is -2.04. The molecule has 2 heteroatoms. The van der Waals surface area contributed by atoms with Gasteiger partial charge in [-0.2, -0.15) is 0 Å². The van der Waals surface area contributed by atoms with Crippen molar-refractivity contribution in [1.82, 2.24) is 0 Å². The van der Waals surface area contributed by atoms with Crippen molar-refractivity contribution in [2.45, 2.75) is 32.8 Å². The van der Waals surface area contributed by atoms with Gasteiger partial charge in [0.15, 0.2) is 0 Å². The van der Waals surface area contributed by atoms with Crippen LogP contribution >= 0.6 is 15.9 Å². The van der Waals surface area contributed by atoms with Gasteiger partial charge in [-0.3, -0.25) is 0 Å². The zero-order valence-corrected chi connectivity index (χ0v) is 12.9. The van der Waals surface area contributed by atoms with E-state index >= 15 is 0 Å². The van der Waals surface area contributed by atoms with Gasteiger partial charge < -0.3 is 5.11 Å². The first-order valence-electron chi connectivity index (χ1n) is 6.71. The molecule has 0 aliphatic rings. The summed E-state index contributed by atoms with van der Waals surface area (Å²) in [5.41, 5.74) is 4.45. The Balaban J connectivity index is 2.41. The smallest absolute Gasteiger partial charge is 0.104 e. The van der Waals surface area contributed by atoms with Crippen LogP contribution in [0.2, 0.25) is 0 Å². The molecule has 1 N–H and O–H groups in total. The van der Waals surface area contributed by atoms with Crippen LogP contribution in [-0.2, 0) is 12.8 Å². The summed E-state index contributed by atoms with van der Waals surface area (Å²) in [7, 11) is 0. The van der Waals surface area contributed by atoms with E-state index in [1.807, 2.05) is 24.3 Å². The SMILES string of the molecule is CCc1ccc(CC)c(C(O)c2ccc(Br)cc2)c1. The van der Waals surface area contributed by atoms with Crippen molar-refractivity contribution in [3.05, 3.63) is 69.2 Å². The normalized spacial score (nSPS) is 12.4. The van der Waals surface area contributed by atoms with Crippen LogP contribution in [0, 0.1) is 0 Å². The van der Waals surface area contributed by atoms with E-state index < -0.39 is 6.10 Å². The molecule has 19 heavy (non-hydrogen) atoms. The largest absolute Gasteiger partial charge is 0.384 e. The molecular weight excluding hydrogens is 300 g/mol. The first-order chi connectivity index (χ1) is 9.15. The summed E-state index contributed by atoms with van der Waals surface area (Å²) in [4.78, 5) is 0. The third-order valence-electron chi connectivity index (χ3n) is 3.48. The van der Waals surface area contributed by atoms with E-state index in [-0.39, 0.29) is 0 Å². The summed E-state index contributed by atoms with van der Waals surface area (Å²) in [6.45, 7) is 4.26. The molecule has 100 valence electrons. The summed E-state index contributed by atoms with van der Waals surface area (Å²) in [6, 6.07) is 14.3. The molecule has 2 aromatic carbocycles. The molecule has 0 saturated heterocycles. The Morgan fingerprint density at radius 1 is 1.00 bits per heavy atom. The highest BCUT2D eigenvalue weighted by Crippen LogP contribution is 2.27. The van der Waals surface area contributed by atoms with Crippen LogP contribution < -0.4 is 0 Å². The first kappa shape index (κ1) is 14.3. The van der Waals surface area contributed by atoms with E-state index in [2.05, 4.69) is 48.0 Å². The number of rotatable bonds is 4. The third-order valence-corrected chi connectivity index (χ3v) is 4.01. The van der Waals surface area contributed by atoms with E-state index in [4.69, 9.17) is 0 Å². The van der Waals surface area contributed by atoms with Crippen molar-refractivity contribution < 1.29 is 5.11 Å². The quantitative estimate of drug-likeness (QED) is 0.869. The number of aryl methyl sites for hydroxylation is 2. The topological polar surface area (TPSA) is 20.2 Å². The second kappa shape index (κ2) is 6.36. The van der Waals surface area contributed by atoms with E-state index in [1.165, 1.54) is 11.1 Å². The summed E-state index contributed by atoms with van der Waals surface area (Å²) in [5.74, 6) is 0. The summed E-state index contributed by atoms with van der Waals surface area (Å²) < 4.78 is 1.03. The summed E-state index contributed by atoms with van der Waals surface area (Å²) in [5, 5.41) is 10.6. The molecule has 2 aromatic rings. The standard InChI is InChI=1S/C17H19BrO/c1-3-12-5-6-13(4-2)16(11-12)17(19)14-7-9-15(18)10-8-14/h5-11,17,19H,3-4H2,1-2H3. The van der Waals surface area contributed by atoms with Gasteiger partial charge in [0.1, 0.15) is 6.10 Å². The van der Waals surface area contributed by atoms with Crippen molar-refractivity contribution in [2.24, 2.45) is 0 Å². The molecular formula is C17H19BrO. The van der Waals surface area contributed by atoms with Crippen molar-refractivity contribution in [3.63, 3.8) is 0 Å². The van der Waals surface area contributed by atoms with Gasteiger partial charge in [0, 0.05) is 4.47 Å². The van der Waals surface area contributed by atoms with E-state index in [1.54, 1.807) is 0 Å². The minimum atomic E-state index is -0.547. The maximum absolute atomic E-state index is 10.6. The lowest BCUT2D eigenvalue weighted by Gasteiger charge is -2.17. The summed E-state index contributed by atoms with van der Waals surface area (Å²) >= 11 is 3.42. The Hall–Kier alpha value is -1.12. The van der Waals surface area contributed by atoms with Crippen molar-refractivity contribution >= 4 is 15.9 Å². The lowest BCUT2D eigenvalue weighted by atomic mass is 9.93. The van der Waals surface area contributed by atoms with E-state index in [0.29, 0.717) is 0 Å². The van der Waals surface area contributed by atoms with Crippen molar-refractivity contribution in [3.8, 4) is 0 Å². The number of aliphatic hydroxyl groups excluding tert-OH is 1. The minimum absolute atomic E-state index is 0.547. The predicted octanol–water partition coefficient (Wildman–Crippen LogP) is 4.66. The fourth-order valence-electron chi connectivity index (χ4n) is 2.27. The lowest BCUT2D eigenvalue weighted by molar-refractivity contribution is 0.219. The highest BCUT2D eigenvalue weighted by Gasteiger charge is 2.14. The molecule has 0 radical (unpaired) electrons. The Morgan fingerprint density at radius 3 is 2.26 bits per heavy atom. The van der Waals surface area contributed by atoms with Crippen LogP contribution in [-0.4, -0.2) is 5.11 Å². The molecule has 0 bridgehead atoms. The Bertz CT molecular complexity index is 546. The van der Waals surface area contributed by atoms with E-state index in [0.717, 1.165) is 28.4 Å². The number of benzene rings is 2. The Kier molecular flexibility index (Phi) is 4.78. The van der Waals surface area contributed by atoms with Gasteiger partial charge in [-0.1, -0.05) is 60.1 Å². The van der Waals surface area contributed by atoms with Gasteiger partial charge in [-0.25, -0.2) is 0 Å². The zero-order chi connectivity index (χ0) is 13.8.